The molecule has 2 aliphatic rings. The molecule has 0 bridgehead atoms. The molecule has 2 nitrogen and oxygen atoms in total. The van der Waals surface area contributed by atoms with E-state index in [1.54, 1.807) is 7.11 Å². The first kappa shape index (κ1) is 8.45. The van der Waals surface area contributed by atoms with Gasteiger partial charge in [0.1, 0.15) is 6.17 Å². The number of alkyl halides is 1. The van der Waals surface area contributed by atoms with Crippen LogP contribution in [0.5, 0.6) is 0 Å². The third kappa shape index (κ3) is 1.15. The predicted octanol–water partition coefficient (Wildman–Crippen LogP) is 1.21. The molecule has 2 unspecified atom stereocenters. The van der Waals surface area contributed by atoms with Gasteiger partial charge in [0.05, 0.1) is 6.61 Å². The lowest BCUT2D eigenvalue weighted by molar-refractivity contribution is 0.0652. The molecule has 3 heteroatoms. The molecule has 2 saturated heterocycles. The molecule has 12 heavy (non-hydrogen) atoms. The molecular weight excluding hydrogens is 157 g/mol. The van der Waals surface area contributed by atoms with Crippen molar-refractivity contribution in [2.24, 2.45) is 0 Å². The fraction of sp³-hybridized carbons (Fsp3) is 1.00. The van der Waals surface area contributed by atoms with E-state index in [0.717, 1.165) is 13.0 Å². The Balaban J connectivity index is 2.09. The molecule has 0 aromatic rings. The van der Waals surface area contributed by atoms with Crippen LogP contribution in [0.3, 0.4) is 0 Å². The summed E-state index contributed by atoms with van der Waals surface area (Å²) in [6.45, 7) is 2.39. The molecule has 0 aliphatic carbocycles. The maximum absolute atomic E-state index is 13.1. The molecule has 0 N–H and O–H groups in total. The Labute approximate surface area is 72.7 Å². The molecule has 2 atom stereocenters. The van der Waals surface area contributed by atoms with Gasteiger partial charge in [-0.25, -0.2) is 4.39 Å². The van der Waals surface area contributed by atoms with Crippen LogP contribution in [0.2, 0.25) is 0 Å². The summed E-state index contributed by atoms with van der Waals surface area (Å²) >= 11 is 0. The van der Waals surface area contributed by atoms with Crippen molar-refractivity contribution in [3.8, 4) is 0 Å². The second-order valence-electron chi connectivity index (χ2n) is 4.01. The Morgan fingerprint density at radius 1 is 1.67 bits per heavy atom. The Morgan fingerprint density at radius 2 is 2.50 bits per heavy atom. The number of fused-ring (bicyclic) bond motifs is 1. The smallest absolute Gasteiger partial charge is 0.115 e. The minimum atomic E-state index is -0.625. The van der Waals surface area contributed by atoms with Crippen LogP contribution >= 0.6 is 0 Å². The van der Waals surface area contributed by atoms with Crippen LogP contribution in [0, 0.1) is 0 Å². The minimum absolute atomic E-state index is 0.0637. The summed E-state index contributed by atoms with van der Waals surface area (Å²) in [5.74, 6) is 0. The van der Waals surface area contributed by atoms with Crippen molar-refractivity contribution in [2.75, 3.05) is 26.8 Å². The second kappa shape index (κ2) is 2.96. The van der Waals surface area contributed by atoms with Gasteiger partial charge in [-0.15, -0.1) is 0 Å². The molecule has 2 aliphatic heterocycles. The number of methoxy groups -OCH3 is 1. The maximum atomic E-state index is 13.1. The van der Waals surface area contributed by atoms with Gasteiger partial charge in [0.15, 0.2) is 0 Å². The van der Waals surface area contributed by atoms with Crippen molar-refractivity contribution in [3.63, 3.8) is 0 Å². The van der Waals surface area contributed by atoms with E-state index in [1.165, 1.54) is 6.42 Å². The highest BCUT2D eigenvalue weighted by Crippen LogP contribution is 2.39. The number of rotatable bonds is 2. The lowest BCUT2D eigenvalue weighted by Crippen LogP contribution is -2.42. The van der Waals surface area contributed by atoms with E-state index in [0.29, 0.717) is 19.6 Å². The summed E-state index contributed by atoms with van der Waals surface area (Å²) in [7, 11) is 1.71. The van der Waals surface area contributed by atoms with Crippen LogP contribution in [0.1, 0.15) is 19.3 Å². The highest BCUT2D eigenvalue weighted by Gasteiger charge is 2.48. The molecular formula is C9H16FNO. The average Bonchev–Trinajstić information content (AvgIpc) is 2.44. The first-order chi connectivity index (χ1) is 5.77. The average molecular weight is 173 g/mol. The lowest BCUT2D eigenvalue weighted by atomic mass is 9.95. The van der Waals surface area contributed by atoms with E-state index in [4.69, 9.17) is 4.74 Å². The summed E-state index contributed by atoms with van der Waals surface area (Å²) in [5.41, 5.74) is 0.0637. The molecule has 0 spiro atoms. The van der Waals surface area contributed by atoms with Gasteiger partial charge in [-0.05, 0) is 19.4 Å². The number of hydrogen-bond donors (Lipinski definition) is 0. The van der Waals surface area contributed by atoms with E-state index in [-0.39, 0.29) is 5.54 Å². The predicted molar refractivity (Wildman–Crippen MR) is 44.9 cm³/mol. The van der Waals surface area contributed by atoms with Gasteiger partial charge in [0.2, 0.25) is 0 Å². The van der Waals surface area contributed by atoms with E-state index in [9.17, 15) is 4.39 Å². The summed E-state index contributed by atoms with van der Waals surface area (Å²) in [5, 5.41) is 0. The monoisotopic (exact) mass is 173 g/mol. The molecule has 2 fully saturated rings. The maximum Gasteiger partial charge on any atom is 0.115 e. The highest BCUT2D eigenvalue weighted by atomic mass is 19.1. The van der Waals surface area contributed by atoms with E-state index < -0.39 is 6.17 Å². The van der Waals surface area contributed by atoms with Gasteiger partial charge in [-0.2, -0.15) is 0 Å². The van der Waals surface area contributed by atoms with Crippen LogP contribution < -0.4 is 0 Å². The van der Waals surface area contributed by atoms with Gasteiger partial charge in [-0.3, -0.25) is 4.90 Å². The van der Waals surface area contributed by atoms with Gasteiger partial charge < -0.3 is 4.74 Å². The van der Waals surface area contributed by atoms with Crippen LogP contribution in [-0.2, 0) is 4.74 Å². The van der Waals surface area contributed by atoms with Crippen molar-refractivity contribution in [1.29, 1.82) is 0 Å². The molecule has 0 aromatic carbocycles. The summed E-state index contributed by atoms with van der Waals surface area (Å²) in [6.07, 6.45) is 2.37. The lowest BCUT2D eigenvalue weighted by Gasteiger charge is -2.30. The van der Waals surface area contributed by atoms with Gasteiger partial charge >= 0.3 is 0 Å². The molecule has 2 rings (SSSR count). The summed E-state index contributed by atoms with van der Waals surface area (Å²) in [6, 6.07) is 0. The Bertz CT molecular complexity index is 176. The molecule has 0 amide bonds. The fourth-order valence-corrected chi connectivity index (χ4v) is 2.72. The van der Waals surface area contributed by atoms with E-state index in [2.05, 4.69) is 4.90 Å². The normalized spacial score (nSPS) is 42.0. The second-order valence-corrected chi connectivity index (χ2v) is 4.01. The minimum Gasteiger partial charge on any atom is -0.383 e. The Morgan fingerprint density at radius 3 is 3.25 bits per heavy atom. The zero-order chi connectivity index (χ0) is 8.60. The number of nitrogens with zero attached hydrogens (tertiary/aromatic N) is 1. The zero-order valence-corrected chi connectivity index (χ0v) is 7.55. The molecule has 0 saturated carbocycles. The quantitative estimate of drug-likeness (QED) is 0.622. The van der Waals surface area contributed by atoms with Crippen molar-refractivity contribution in [3.05, 3.63) is 0 Å². The SMILES string of the molecule is COCC12CCCN1CC(F)C2. The van der Waals surface area contributed by atoms with E-state index in [1.807, 2.05) is 0 Å². The highest BCUT2D eigenvalue weighted by molar-refractivity contribution is 5.03. The number of hydrogen-bond acceptors (Lipinski definition) is 2. The molecule has 0 aromatic heterocycles. The van der Waals surface area contributed by atoms with Crippen LogP contribution in [0.25, 0.3) is 0 Å². The van der Waals surface area contributed by atoms with Crippen LogP contribution in [0.4, 0.5) is 4.39 Å². The van der Waals surface area contributed by atoms with Crippen molar-refractivity contribution in [2.45, 2.75) is 31.0 Å². The zero-order valence-electron chi connectivity index (χ0n) is 7.55. The Kier molecular flexibility index (Phi) is 2.09. The van der Waals surface area contributed by atoms with Gasteiger partial charge in [-0.1, -0.05) is 0 Å². The summed E-state index contributed by atoms with van der Waals surface area (Å²) < 4.78 is 18.3. The van der Waals surface area contributed by atoms with Gasteiger partial charge in [0, 0.05) is 25.6 Å². The first-order valence-electron chi connectivity index (χ1n) is 4.65. The van der Waals surface area contributed by atoms with Crippen molar-refractivity contribution >= 4 is 0 Å². The van der Waals surface area contributed by atoms with Crippen molar-refractivity contribution in [1.82, 2.24) is 4.90 Å². The van der Waals surface area contributed by atoms with Gasteiger partial charge in [0.25, 0.3) is 0 Å². The Hall–Kier alpha value is -0.150. The topological polar surface area (TPSA) is 12.5 Å². The summed E-state index contributed by atoms with van der Waals surface area (Å²) in [4.78, 5) is 2.27. The molecule has 2 heterocycles. The standard InChI is InChI=1S/C9H16FNO/c1-12-7-9-3-2-4-11(9)6-8(10)5-9/h8H,2-7H2,1H3. The largest absolute Gasteiger partial charge is 0.383 e. The third-order valence-electron chi connectivity index (χ3n) is 3.17. The van der Waals surface area contributed by atoms with Crippen LogP contribution in [-0.4, -0.2) is 43.4 Å². The van der Waals surface area contributed by atoms with Crippen molar-refractivity contribution < 1.29 is 9.13 Å². The fourth-order valence-electron chi connectivity index (χ4n) is 2.72. The molecule has 70 valence electrons. The molecule has 0 radical (unpaired) electrons. The number of ether oxygens (including phenoxy) is 1. The van der Waals surface area contributed by atoms with E-state index >= 15 is 0 Å². The third-order valence-corrected chi connectivity index (χ3v) is 3.17. The van der Waals surface area contributed by atoms with Crippen LogP contribution in [0.15, 0.2) is 0 Å². The first-order valence-corrected chi connectivity index (χ1v) is 4.65. The number of halogens is 1.